The molecule has 2 heterocycles. The number of hydrogen-bond donors (Lipinski definition) is 1. The summed E-state index contributed by atoms with van der Waals surface area (Å²) in [5.74, 6) is 0.284. The molecule has 0 saturated carbocycles. The molecule has 0 aliphatic rings. The van der Waals surface area contributed by atoms with E-state index in [-0.39, 0.29) is 11.7 Å². The van der Waals surface area contributed by atoms with Crippen LogP contribution in [0.15, 0.2) is 36.7 Å². The maximum Gasteiger partial charge on any atom is 0.282 e. The van der Waals surface area contributed by atoms with E-state index < -0.39 is 0 Å². The summed E-state index contributed by atoms with van der Waals surface area (Å²) >= 11 is 1.24. The topological polar surface area (TPSA) is 72.7 Å². The number of carbonyl (C=O) groups excluding carboxylic acids is 1. The molecule has 0 spiro atoms. The van der Waals surface area contributed by atoms with E-state index in [0.29, 0.717) is 18.1 Å². The second kappa shape index (κ2) is 6.66. The van der Waals surface area contributed by atoms with Gasteiger partial charge in [-0.05, 0) is 24.6 Å². The first-order valence-electron chi connectivity index (χ1n) is 6.94. The van der Waals surface area contributed by atoms with Gasteiger partial charge in [0.05, 0.1) is 6.54 Å². The molecule has 0 unspecified atom stereocenters. The molecule has 0 atom stereocenters. The van der Waals surface area contributed by atoms with Gasteiger partial charge in [-0.25, -0.2) is 9.37 Å². The van der Waals surface area contributed by atoms with E-state index in [2.05, 4.69) is 20.5 Å². The van der Waals surface area contributed by atoms with Gasteiger partial charge in [0, 0.05) is 18.9 Å². The van der Waals surface area contributed by atoms with Gasteiger partial charge in [-0.3, -0.25) is 4.79 Å². The predicted molar refractivity (Wildman–Crippen MR) is 83.5 cm³/mol. The number of rotatable bonds is 5. The third-order valence-electron chi connectivity index (χ3n) is 3.26. The van der Waals surface area contributed by atoms with Crippen LogP contribution in [0.1, 0.15) is 26.2 Å². The molecule has 2 aromatic heterocycles. The summed E-state index contributed by atoms with van der Waals surface area (Å²) < 4.78 is 14.8. The zero-order valence-corrected chi connectivity index (χ0v) is 13.2. The minimum absolute atomic E-state index is 0.291. The van der Waals surface area contributed by atoms with E-state index in [1.54, 1.807) is 18.3 Å². The van der Waals surface area contributed by atoms with E-state index in [9.17, 15) is 9.18 Å². The Hall–Kier alpha value is -2.61. The number of benzene rings is 1. The Labute approximate surface area is 136 Å². The molecule has 23 heavy (non-hydrogen) atoms. The number of halogens is 1. The highest BCUT2D eigenvalue weighted by Crippen LogP contribution is 2.12. The van der Waals surface area contributed by atoms with Crippen LogP contribution >= 0.6 is 11.3 Å². The van der Waals surface area contributed by atoms with E-state index in [0.717, 1.165) is 16.4 Å². The minimum atomic E-state index is -0.302. The average molecular weight is 331 g/mol. The lowest BCUT2D eigenvalue weighted by molar-refractivity contribution is 0.0950. The van der Waals surface area contributed by atoms with Gasteiger partial charge in [-0.1, -0.05) is 23.5 Å². The van der Waals surface area contributed by atoms with Gasteiger partial charge in [0.2, 0.25) is 5.01 Å². The normalized spacial score (nSPS) is 10.7. The summed E-state index contributed by atoms with van der Waals surface area (Å²) in [5, 5.41) is 11.7. The molecule has 118 valence electrons. The Bertz CT molecular complexity index is 811. The van der Waals surface area contributed by atoms with Gasteiger partial charge in [0.15, 0.2) is 0 Å². The molecule has 1 N–H and O–H groups in total. The van der Waals surface area contributed by atoms with Crippen molar-refractivity contribution in [3.05, 3.63) is 63.9 Å². The molecule has 0 aliphatic heterocycles. The van der Waals surface area contributed by atoms with Crippen molar-refractivity contribution >= 4 is 17.2 Å². The third-order valence-corrected chi connectivity index (χ3v) is 4.16. The molecule has 6 nitrogen and oxygen atoms in total. The fraction of sp³-hybridized carbons (Fsp3) is 0.200. The Kier molecular flexibility index (Phi) is 4.42. The third kappa shape index (κ3) is 3.78. The lowest BCUT2D eigenvalue weighted by Gasteiger charge is -2.02. The molecule has 0 radical (unpaired) electrons. The summed E-state index contributed by atoms with van der Waals surface area (Å²) in [4.78, 5) is 16.2. The first-order valence-corrected chi connectivity index (χ1v) is 7.76. The summed E-state index contributed by atoms with van der Waals surface area (Å²) in [6.07, 6.45) is 3.57. The fourth-order valence-electron chi connectivity index (χ4n) is 1.99. The lowest BCUT2D eigenvalue weighted by atomic mass is 10.2. The zero-order valence-electron chi connectivity index (χ0n) is 12.4. The molecule has 1 aromatic carbocycles. The standard InChI is InChI=1S/C15H14FN5OS/c1-10-17-6-7-21(10)9-13-19-20-15(23-13)14(22)18-8-11-2-4-12(16)5-3-11/h2-7H,8-9H2,1H3,(H,18,22). The van der Waals surface area contributed by atoms with Crippen molar-refractivity contribution < 1.29 is 9.18 Å². The minimum Gasteiger partial charge on any atom is -0.346 e. The number of aryl methyl sites for hydroxylation is 1. The molecule has 0 aliphatic carbocycles. The van der Waals surface area contributed by atoms with Gasteiger partial charge >= 0.3 is 0 Å². The Morgan fingerprint density at radius 1 is 1.30 bits per heavy atom. The van der Waals surface area contributed by atoms with Crippen LogP contribution < -0.4 is 5.32 Å². The maximum absolute atomic E-state index is 12.8. The molecule has 0 bridgehead atoms. The molecular weight excluding hydrogens is 317 g/mol. The smallest absolute Gasteiger partial charge is 0.282 e. The number of aromatic nitrogens is 4. The van der Waals surface area contributed by atoms with E-state index in [1.807, 2.05) is 17.7 Å². The van der Waals surface area contributed by atoms with Crippen LogP contribution in [-0.2, 0) is 13.1 Å². The Morgan fingerprint density at radius 2 is 2.09 bits per heavy atom. The lowest BCUT2D eigenvalue weighted by Crippen LogP contribution is -2.22. The first-order chi connectivity index (χ1) is 11.1. The van der Waals surface area contributed by atoms with Crippen LogP contribution in [0, 0.1) is 12.7 Å². The van der Waals surface area contributed by atoms with Crippen LogP contribution in [0.25, 0.3) is 0 Å². The van der Waals surface area contributed by atoms with Gasteiger partial charge in [0.25, 0.3) is 5.91 Å². The highest BCUT2D eigenvalue weighted by Gasteiger charge is 2.13. The van der Waals surface area contributed by atoms with Crippen molar-refractivity contribution in [3.8, 4) is 0 Å². The molecule has 0 fully saturated rings. The Morgan fingerprint density at radius 3 is 2.78 bits per heavy atom. The zero-order chi connectivity index (χ0) is 16.2. The van der Waals surface area contributed by atoms with Gasteiger partial charge < -0.3 is 9.88 Å². The number of nitrogens with one attached hydrogen (secondary N) is 1. The summed E-state index contributed by atoms with van der Waals surface area (Å²) in [6, 6.07) is 5.97. The quantitative estimate of drug-likeness (QED) is 0.777. The van der Waals surface area contributed by atoms with Gasteiger partial charge in [-0.15, -0.1) is 10.2 Å². The molecule has 8 heteroatoms. The van der Waals surface area contributed by atoms with E-state index in [4.69, 9.17) is 0 Å². The number of amides is 1. The summed E-state index contributed by atoms with van der Waals surface area (Å²) in [5.41, 5.74) is 0.818. The van der Waals surface area contributed by atoms with E-state index >= 15 is 0 Å². The van der Waals surface area contributed by atoms with E-state index in [1.165, 1.54) is 23.5 Å². The van der Waals surface area contributed by atoms with Crippen LogP contribution in [-0.4, -0.2) is 25.7 Å². The molecule has 0 saturated heterocycles. The van der Waals surface area contributed by atoms with Crippen molar-refractivity contribution in [1.82, 2.24) is 25.1 Å². The highest BCUT2D eigenvalue weighted by molar-refractivity contribution is 7.13. The SMILES string of the molecule is Cc1nccn1Cc1nnc(C(=O)NCc2ccc(F)cc2)s1. The fourth-order valence-corrected chi connectivity index (χ4v) is 2.74. The van der Waals surface area contributed by atoms with Crippen LogP contribution in [0.2, 0.25) is 0 Å². The molecule has 3 aromatic rings. The highest BCUT2D eigenvalue weighted by atomic mass is 32.1. The van der Waals surface area contributed by atoms with Gasteiger partial charge in [0.1, 0.15) is 16.6 Å². The number of carbonyl (C=O) groups is 1. The van der Waals surface area contributed by atoms with Crippen molar-refractivity contribution in [3.63, 3.8) is 0 Å². The van der Waals surface area contributed by atoms with Crippen molar-refractivity contribution in [1.29, 1.82) is 0 Å². The van der Waals surface area contributed by atoms with Crippen LogP contribution in [0.4, 0.5) is 4.39 Å². The predicted octanol–water partition coefficient (Wildman–Crippen LogP) is 2.16. The maximum atomic E-state index is 12.8. The number of imidazole rings is 1. The van der Waals surface area contributed by atoms with Crippen molar-refractivity contribution in [2.24, 2.45) is 0 Å². The average Bonchev–Trinajstić information content (AvgIpc) is 3.17. The van der Waals surface area contributed by atoms with Crippen LogP contribution in [0.3, 0.4) is 0 Å². The second-order valence-corrected chi connectivity index (χ2v) is 5.97. The van der Waals surface area contributed by atoms with Crippen molar-refractivity contribution in [2.75, 3.05) is 0 Å². The largest absolute Gasteiger partial charge is 0.346 e. The number of hydrogen-bond acceptors (Lipinski definition) is 5. The molecule has 1 amide bonds. The van der Waals surface area contributed by atoms with Crippen LogP contribution in [0.5, 0.6) is 0 Å². The summed E-state index contributed by atoms with van der Waals surface area (Å²) in [7, 11) is 0. The second-order valence-electron chi connectivity index (χ2n) is 4.91. The van der Waals surface area contributed by atoms with Crippen molar-refractivity contribution in [2.45, 2.75) is 20.0 Å². The van der Waals surface area contributed by atoms with Gasteiger partial charge in [-0.2, -0.15) is 0 Å². The molecule has 3 rings (SSSR count). The Balaban J connectivity index is 1.60. The monoisotopic (exact) mass is 331 g/mol. The number of nitrogens with zero attached hydrogens (tertiary/aromatic N) is 4. The molecular formula is C15H14FN5OS. The summed E-state index contributed by atoms with van der Waals surface area (Å²) in [6.45, 7) is 2.75. The first kappa shape index (κ1) is 15.3.